The molecule has 2 N–H and O–H groups in total. The van der Waals surface area contributed by atoms with Gasteiger partial charge < -0.3 is 24.4 Å². The molecule has 3 aliphatic heterocycles. The molecule has 0 radical (unpaired) electrons. The molecule has 7 nitrogen and oxygen atoms in total. The fourth-order valence-corrected chi connectivity index (χ4v) is 6.15. The average Bonchev–Trinajstić information content (AvgIpc) is 2.92. The van der Waals surface area contributed by atoms with E-state index < -0.39 is 35.5 Å². The van der Waals surface area contributed by atoms with Gasteiger partial charge in [0.25, 0.3) is 0 Å². The summed E-state index contributed by atoms with van der Waals surface area (Å²) in [7, 11) is 0. The Kier molecular flexibility index (Phi) is 4.97. The van der Waals surface area contributed by atoms with Gasteiger partial charge in [-0.25, -0.2) is 0 Å². The van der Waals surface area contributed by atoms with Crippen molar-refractivity contribution in [1.82, 2.24) is 0 Å². The molecule has 0 amide bonds. The number of allylic oxidation sites excluding steroid dienone is 1. The SMILES string of the molecule is CC(=O)O[C@@H]1C[C@@H](O)[C@]2(C)OC[C@H](C)[C@H]3C(=O)C=C(C)[C@@H]4[C@H]3[C@@H]2O[C@H]4C[C@@]1(C)O. The standard InChI is InChI=1S/C22H32O7/c1-10-6-13(24)17-11(2)9-27-22(5)15(25)7-16(28-12(3)23)21(4,26)8-14-18(10)19(17)20(22)29-14/h6,11,14-20,25-26H,7-9H2,1-5H3/t11-,14-,15+,16+,17-,18-,19-,20-,21+,22-/m0/s1. The van der Waals surface area contributed by atoms with E-state index in [-0.39, 0.29) is 48.4 Å². The maximum absolute atomic E-state index is 12.9. The van der Waals surface area contributed by atoms with Crippen LogP contribution in [0.25, 0.3) is 0 Å². The minimum Gasteiger partial charge on any atom is -0.459 e. The number of ether oxygens (including phenoxy) is 3. The van der Waals surface area contributed by atoms with Crippen LogP contribution in [0, 0.1) is 23.7 Å². The Bertz CT molecular complexity index is 743. The first-order valence-corrected chi connectivity index (χ1v) is 10.5. The Morgan fingerprint density at radius 3 is 2.66 bits per heavy atom. The van der Waals surface area contributed by atoms with Gasteiger partial charge >= 0.3 is 5.97 Å². The van der Waals surface area contributed by atoms with Gasteiger partial charge in [-0.15, -0.1) is 0 Å². The Labute approximate surface area is 171 Å². The summed E-state index contributed by atoms with van der Waals surface area (Å²) < 4.78 is 18.2. The Morgan fingerprint density at radius 1 is 1.31 bits per heavy atom. The van der Waals surface area contributed by atoms with Gasteiger partial charge in [-0.3, -0.25) is 9.59 Å². The normalized spacial score (nSPS) is 52.0. The molecule has 162 valence electrons. The van der Waals surface area contributed by atoms with Crippen molar-refractivity contribution in [3.8, 4) is 0 Å². The third kappa shape index (κ3) is 3.17. The number of ketones is 1. The first kappa shape index (κ1) is 21.0. The predicted octanol–water partition coefficient (Wildman–Crippen LogP) is 1.39. The second-order valence-corrected chi connectivity index (χ2v) is 9.90. The summed E-state index contributed by atoms with van der Waals surface area (Å²) in [6.07, 6.45) is -0.772. The summed E-state index contributed by atoms with van der Waals surface area (Å²) in [6.45, 7) is 9.01. The zero-order chi connectivity index (χ0) is 21.3. The van der Waals surface area contributed by atoms with Gasteiger partial charge in [0.1, 0.15) is 17.3 Å². The monoisotopic (exact) mass is 408 g/mol. The summed E-state index contributed by atoms with van der Waals surface area (Å²) in [4.78, 5) is 24.6. The van der Waals surface area contributed by atoms with Gasteiger partial charge in [0.15, 0.2) is 5.78 Å². The van der Waals surface area contributed by atoms with E-state index in [0.29, 0.717) is 6.61 Å². The van der Waals surface area contributed by atoms with Crippen LogP contribution in [0.2, 0.25) is 0 Å². The minimum atomic E-state index is -1.39. The highest BCUT2D eigenvalue weighted by atomic mass is 16.6. The fourth-order valence-electron chi connectivity index (χ4n) is 6.15. The molecule has 0 unspecified atom stereocenters. The Hall–Kier alpha value is -1.28. The van der Waals surface area contributed by atoms with Crippen LogP contribution >= 0.6 is 0 Å². The maximum Gasteiger partial charge on any atom is 0.303 e. The van der Waals surface area contributed by atoms with Crippen molar-refractivity contribution in [2.75, 3.05) is 6.61 Å². The molecule has 0 aromatic carbocycles. The van der Waals surface area contributed by atoms with Crippen molar-refractivity contribution in [3.63, 3.8) is 0 Å². The van der Waals surface area contributed by atoms with Crippen LogP contribution in [0.3, 0.4) is 0 Å². The van der Waals surface area contributed by atoms with Gasteiger partial charge in [-0.1, -0.05) is 12.5 Å². The van der Waals surface area contributed by atoms with Crippen molar-refractivity contribution in [2.45, 2.75) is 83.1 Å². The smallest absolute Gasteiger partial charge is 0.303 e. The molecule has 29 heavy (non-hydrogen) atoms. The highest BCUT2D eigenvalue weighted by Gasteiger charge is 2.64. The number of hydrogen-bond donors (Lipinski definition) is 2. The lowest BCUT2D eigenvalue weighted by Crippen LogP contribution is -2.57. The molecule has 0 aromatic heterocycles. The second kappa shape index (κ2) is 6.87. The van der Waals surface area contributed by atoms with E-state index >= 15 is 0 Å². The van der Waals surface area contributed by atoms with Crippen molar-refractivity contribution in [2.24, 2.45) is 23.7 Å². The topological polar surface area (TPSA) is 102 Å². The van der Waals surface area contributed by atoms with Gasteiger partial charge in [0.05, 0.1) is 24.9 Å². The lowest BCUT2D eigenvalue weighted by atomic mass is 9.62. The van der Waals surface area contributed by atoms with Crippen LogP contribution in [0.15, 0.2) is 11.6 Å². The average molecular weight is 408 g/mol. The highest BCUT2D eigenvalue weighted by molar-refractivity contribution is 5.94. The first-order valence-electron chi connectivity index (χ1n) is 10.5. The number of carbonyl (C=O) groups excluding carboxylic acids is 2. The number of aliphatic hydroxyl groups excluding tert-OH is 1. The van der Waals surface area contributed by atoms with Crippen molar-refractivity contribution < 1.29 is 34.0 Å². The molecular formula is C22H32O7. The molecule has 3 heterocycles. The van der Waals surface area contributed by atoms with Crippen molar-refractivity contribution in [3.05, 3.63) is 11.6 Å². The molecular weight excluding hydrogens is 376 g/mol. The third-order valence-corrected chi connectivity index (χ3v) is 7.68. The summed E-state index contributed by atoms with van der Waals surface area (Å²) in [6, 6.07) is 0. The number of esters is 1. The van der Waals surface area contributed by atoms with E-state index in [0.717, 1.165) is 5.57 Å². The molecule has 7 heteroatoms. The van der Waals surface area contributed by atoms with E-state index in [1.54, 1.807) is 13.0 Å². The molecule has 4 aliphatic rings. The Balaban J connectivity index is 1.85. The molecule has 3 fully saturated rings. The van der Waals surface area contributed by atoms with Gasteiger partial charge in [0.2, 0.25) is 0 Å². The Morgan fingerprint density at radius 2 is 2.00 bits per heavy atom. The van der Waals surface area contributed by atoms with Crippen LogP contribution in [0.5, 0.6) is 0 Å². The lowest BCUT2D eigenvalue weighted by Gasteiger charge is -2.43. The molecule has 3 saturated heterocycles. The lowest BCUT2D eigenvalue weighted by molar-refractivity contribution is -0.191. The number of hydrogen-bond acceptors (Lipinski definition) is 7. The fraction of sp³-hybridized carbons (Fsp3) is 0.818. The summed E-state index contributed by atoms with van der Waals surface area (Å²) in [5, 5.41) is 22.5. The second-order valence-electron chi connectivity index (χ2n) is 9.90. The van der Waals surface area contributed by atoms with Crippen LogP contribution in [-0.2, 0) is 23.8 Å². The van der Waals surface area contributed by atoms with Crippen LogP contribution in [0.1, 0.15) is 47.5 Å². The molecule has 2 bridgehead atoms. The van der Waals surface area contributed by atoms with Crippen LogP contribution in [-0.4, -0.2) is 64.2 Å². The summed E-state index contributed by atoms with van der Waals surface area (Å²) in [5.41, 5.74) is -1.52. The molecule has 0 aromatic rings. The molecule has 4 rings (SSSR count). The van der Waals surface area contributed by atoms with Crippen LogP contribution in [0.4, 0.5) is 0 Å². The number of carbonyl (C=O) groups is 2. The number of aliphatic hydroxyl groups is 2. The number of rotatable bonds is 1. The van der Waals surface area contributed by atoms with Gasteiger partial charge in [0, 0.05) is 37.5 Å². The quantitative estimate of drug-likeness (QED) is 0.632. The van der Waals surface area contributed by atoms with E-state index in [2.05, 4.69) is 0 Å². The van der Waals surface area contributed by atoms with E-state index in [4.69, 9.17) is 14.2 Å². The molecule has 1 aliphatic carbocycles. The third-order valence-electron chi connectivity index (χ3n) is 7.68. The number of fused-ring (bicyclic) bond motifs is 2. The first-order chi connectivity index (χ1) is 13.5. The molecule has 10 atom stereocenters. The van der Waals surface area contributed by atoms with Crippen molar-refractivity contribution >= 4 is 11.8 Å². The van der Waals surface area contributed by atoms with Gasteiger partial charge in [-0.2, -0.15) is 0 Å². The van der Waals surface area contributed by atoms with Gasteiger partial charge in [-0.05, 0) is 32.8 Å². The summed E-state index contributed by atoms with van der Waals surface area (Å²) in [5.74, 6) is -0.832. The summed E-state index contributed by atoms with van der Waals surface area (Å²) >= 11 is 0. The predicted molar refractivity (Wildman–Crippen MR) is 103 cm³/mol. The minimum absolute atomic E-state index is 0.0104. The van der Waals surface area contributed by atoms with E-state index in [1.165, 1.54) is 6.92 Å². The zero-order valence-electron chi connectivity index (χ0n) is 17.8. The molecule has 0 spiro atoms. The maximum atomic E-state index is 12.9. The highest BCUT2D eigenvalue weighted by Crippen LogP contribution is 2.55. The molecule has 0 saturated carbocycles. The van der Waals surface area contributed by atoms with Crippen LogP contribution < -0.4 is 0 Å². The van der Waals surface area contributed by atoms with Crippen molar-refractivity contribution in [1.29, 1.82) is 0 Å². The largest absolute Gasteiger partial charge is 0.459 e. The van der Waals surface area contributed by atoms with E-state index in [9.17, 15) is 19.8 Å². The van der Waals surface area contributed by atoms with E-state index in [1.807, 2.05) is 20.8 Å². The zero-order valence-corrected chi connectivity index (χ0v) is 17.8.